The Kier molecular flexibility index (Phi) is 4.36. The van der Waals surface area contributed by atoms with Gasteiger partial charge in [-0.2, -0.15) is 0 Å². The summed E-state index contributed by atoms with van der Waals surface area (Å²) in [7, 11) is 1.90. The minimum Gasteiger partial charge on any atom is -0.378 e. The van der Waals surface area contributed by atoms with Crippen LogP contribution in [0.1, 0.15) is 13.3 Å². The lowest BCUT2D eigenvalue weighted by Gasteiger charge is -2.34. The second kappa shape index (κ2) is 5.80. The van der Waals surface area contributed by atoms with Crippen LogP contribution < -0.4 is 5.32 Å². The molecule has 0 aromatic rings. The summed E-state index contributed by atoms with van der Waals surface area (Å²) in [6.07, 6.45) is 1.04. The third kappa shape index (κ3) is 2.97. The highest BCUT2D eigenvalue weighted by atomic mass is 16.5. The zero-order valence-electron chi connectivity index (χ0n) is 10.6. The number of carbonyl (C=O) groups excluding carboxylic acids is 1. The van der Waals surface area contributed by atoms with Gasteiger partial charge in [-0.3, -0.25) is 4.79 Å². The summed E-state index contributed by atoms with van der Waals surface area (Å²) in [6.45, 7) is 5.54. The SMILES string of the molecule is CNCC1CN(C(=O)C2CCOC2C)CCO1. The van der Waals surface area contributed by atoms with E-state index in [2.05, 4.69) is 5.32 Å². The molecule has 2 fully saturated rings. The van der Waals surface area contributed by atoms with Crippen molar-refractivity contribution in [2.75, 3.05) is 39.9 Å². The molecule has 2 heterocycles. The van der Waals surface area contributed by atoms with Crippen molar-refractivity contribution < 1.29 is 14.3 Å². The van der Waals surface area contributed by atoms with Gasteiger partial charge in [0.1, 0.15) is 0 Å². The van der Waals surface area contributed by atoms with Crippen LogP contribution in [0.3, 0.4) is 0 Å². The second-order valence-electron chi connectivity index (χ2n) is 4.81. The molecule has 0 aliphatic carbocycles. The normalized spacial score (nSPS) is 34.0. The molecular weight excluding hydrogens is 220 g/mol. The van der Waals surface area contributed by atoms with Gasteiger partial charge in [0, 0.05) is 26.2 Å². The van der Waals surface area contributed by atoms with Crippen LogP contribution in [-0.4, -0.2) is 62.9 Å². The van der Waals surface area contributed by atoms with Crippen molar-refractivity contribution in [1.82, 2.24) is 10.2 Å². The molecule has 0 radical (unpaired) electrons. The number of ether oxygens (including phenoxy) is 2. The first-order chi connectivity index (χ1) is 8.22. The molecule has 5 heteroatoms. The standard InChI is InChI=1S/C12H22N2O3/c1-9-11(3-5-16-9)12(15)14-4-6-17-10(8-14)7-13-2/h9-11,13H,3-8H2,1-2H3. The van der Waals surface area contributed by atoms with Crippen molar-refractivity contribution in [2.45, 2.75) is 25.6 Å². The average Bonchev–Trinajstić information content (AvgIpc) is 2.75. The van der Waals surface area contributed by atoms with Crippen LogP contribution in [0.15, 0.2) is 0 Å². The molecule has 2 saturated heterocycles. The van der Waals surface area contributed by atoms with Gasteiger partial charge in [0.25, 0.3) is 0 Å². The predicted molar refractivity (Wildman–Crippen MR) is 63.8 cm³/mol. The van der Waals surface area contributed by atoms with Crippen LogP contribution in [0.5, 0.6) is 0 Å². The van der Waals surface area contributed by atoms with E-state index in [0.717, 1.165) is 13.0 Å². The molecule has 2 aliphatic heterocycles. The smallest absolute Gasteiger partial charge is 0.228 e. The van der Waals surface area contributed by atoms with Crippen molar-refractivity contribution >= 4 is 5.91 Å². The van der Waals surface area contributed by atoms with Crippen molar-refractivity contribution in [3.63, 3.8) is 0 Å². The molecule has 3 unspecified atom stereocenters. The van der Waals surface area contributed by atoms with E-state index >= 15 is 0 Å². The number of hydrogen-bond donors (Lipinski definition) is 1. The highest BCUT2D eigenvalue weighted by Crippen LogP contribution is 2.23. The Morgan fingerprint density at radius 2 is 2.24 bits per heavy atom. The number of nitrogens with zero attached hydrogens (tertiary/aromatic N) is 1. The van der Waals surface area contributed by atoms with Gasteiger partial charge in [0.05, 0.1) is 24.7 Å². The summed E-state index contributed by atoms with van der Waals surface area (Å²) in [4.78, 5) is 14.3. The third-order valence-corrected chi connectivity index (χ3v) is 3.58. The first-order valence-corrected chi connectivity index (χ1v) is 6.39. The Morgan fingerprint density at radius 3 is 2.88 bits per heavy atom. The molecule has 5 nitrogen and oxygen atoms in total. The van der Waals surface area contributed by atoms with E-state index in [4.69, 9.17) is 9.47 Å². The molecule has 3 atom stereocenters. The highest BCUT2D eigenvalue weighted by Gasteiger charge is 2.35. The van der Waals surface area contributed by atoms with Gasteiger partial charge in [-0.05, 0) is 20.4 Å². The Labute approximate surface area is 102 Å². The summed E-state index contributed by atoms with van der Waals surface area (Å²) >= 11 is 0. The topological polar surface area (TPSA) is 50.8 Å². The van der Waals surface area contributed by atoms with E-state index < -0.39 is 0 Å². The first kappa shape index (κ1) is 12.8. The minimum atomic E-state index is 0.0448. The quantitative estimate of drug-likeness (QED) is 0.748. The van der Waals surface area contributed by atoms with Crippen LogP contribution in [0.4, 0.5) is 0 Å². The Bertz CT molecular complexity index is 270. The lowest BCUT2D eigenvalue weighted by atomic mass is 10.0. The second-order valence-corrected chi connectivity index (χ2v) is 4.81. The summed E-state index contributed by atoms with van der Waals surface area (Å²) < 4.78 is 11.1. The third-order valence-electron chi connectivity index (χ3n) is 3.58. The number of nitrogens with one attached hydrogen (secondary N) is 1. The number of morpholine rings is 1. The number of rotatable bonds is 3. The molecular formula is C12H22N2O3. The molecule has 2 aliphatic rings. The van der Waals surface area contributed by atoms with Crippen LogP contribution in [0, 0.1) is 5.92 Å². The highest BCUT2D eigenvalue weighted by molar-refractivity contribution is 5.79. The number of carbonyl (C=O) groups is 1. The molecule has 0 aromatic carbocycles. The maximum Gasteiger partial charge on any atom is 0.228 e. The van der Waals surface area contributed by atoms with Gasteiger partial charge in [-0.1, -0.05) is 0 Å². The zero-order chi connectivity index (χ0) is 12.3. The molecule has 1 N–H and O–H groups in total. The number of amides is 1. The molecule has 2 rings (SSSR count). The Balaban J connectivity index is 1.90. The van der Waals surface area contributed by atoms with E-state index in [1.807, 2.05) is 18.9 Å². The van der Waals surface area contributed by atoms with Crippen LogP contribution in [-0.2, 0) is 14.3 Å². The van der Waals surface area contributed by atoms with E-state index in [1.165, 1.54) is 0 Å². The molecule has 98 valence electrons. The first-order valence-electron chi connectivity index (χ1n) is 6.39. The summed E-state index contributed by atoms with van der Waals surface area (Å²) in [5, 5.41) is 3.09. The number of likely N-dealkylation sites (N-methyl/N-ethyl adjacent to an activating group) is 1. The monoisotopic (exact) mass is 242 g/mol. The van der Waals surface area contributed by atoms with E-state index in [-0.39, 0.29) is 24.0 Å². The fourth-order valence-electron chi connectivity index (χ4n) is 2.56. The molecule has 0 saturated carbocycles. The van der Waals surface area contributed by atoms with Crippen molar-refractivity contribution in [2.24, 2.45) is 5.92 Å². The summed E-state index contributed by atoms with van der Waals surface area (Å²) in [5.41, 5.74) is 0. The maximum atomic E-state index is 12.3. The van der Waals surface area contributed by atoms with Crippen LogP contribution in [0.25, 0.3) is 0 Å². The van der Waals surface area contributed by atoms with Gasteiger partial charge in [0.15, 0.2) is 0 Å². The number of hydrogen-bond acceptors (Lipinski definition) is 4. The van der Waals surface area contributed by atoms with E-state index in [1.54, 1.807) is 0 Å². The largest absolute Gasteiger partial charge is 0.378 e. The zero-order valence-corrected chi connectivity index (χ0v) is 10.6. The van der Waals surface area contributed by atoms with Gasteiger partial charge in [-0.15, -0.1) is 0 Å². The van der Waals surface area contributed by atoms with Gasteiger partial charge < -0.3 is 19.7 Å². The molecule has 0 aromatic heterocycles. The summed E-state index contributed by atoms with van der Waals surface area (Å²) in [6, 6.07) is 0. The Hall–Kier alpha value is -0.650. The van der Waals surface area contributed by atoms with Crippen molar-refractivity contribution in [3.05, 3.63) is 0 Å². The maximum absolute atomic E-state index is 12.3. The van der Waals surface area contributed by atoms with Gasteiger partial charge >= 0.3 is 0 Å². The lowest BCUT2D eigenvalue weighted by Crippen LogP contribution is -2.51. The summed E-state index contributed by atoms with van der Waals surface area (Å²) in [5.74, 6) is 0.280. The molecule has 1 amide bonds. The molecule has 0 spiro atoms. The Morgan fingerprint density at radius 1 is 1.41 bits per heavy atom. The fourth-order valence-corrected chi connectivity index (χ4v) is 2.56. The van der Waals surface area contributed by atoms with Crippen LogP contribution in [0.2, 0.25) is 0 Å². The lowest BCUT2D eigenvalue weighted by molar-refractivity contribution is -0.144. The van der Waals surface area contributed by atoms with Crippen molar-refractivity contribution in [3.8, 4) is 0 Å². The van der Waals surface area contributed by atoms with Gasteiger partial charge in [-0.25, -0.2) is 0 Å². The molecule has 17 heavy (non-hydrogen) atoms. The average molecular weight is 242 g/mol. The molecule has 0 bridgehead atoms. The van der Waals surface area contributed by atoms with E-state index in [9.17, 15) is 4.79 Å². The van der Waals surface area contributed by atoms with Gasteiger partial charge in [0.2, 0.25) is 5.91 Å². The van der Waals surface area contributed by atoms with E-state index in [0.29, 0.717) is 26.3 Å². The van der Waals surface area contributed by atoms with Crippen molar-refractivity contribution in [1.29, 1.82) is 0 Å². The predicted octanol–water partition coefficient (Wildman–Crippen LogP) is -0.142. The van der Waals surface area contributed by atoms with Crippen LogP contribution >= 0.6 is 0 Å². The minimum absolute atomic E-state index is 0.0448. The fraction of sp³-hybridized carbons (Fsp3) is 0.917.